The van der Waals surface area contributed by atoms with Crippen molar-refractivity contribution in [1.29, 1.82) is 0 Å². The van der Waals surface area contributed by atoms with Gasteiger partial charge in [0.05, 0.1) is 11.1 Å². The van der Waals surface area contributed by atoms with Gasteiger partial charge in [0.15, 0.2) is 5.82 Å². The number of amides is 1. The molecule has 0 aliphatic rings. The highest BCUT2D eigenvalue weighted by molar-refractivity contribution is 6.01. The van der Waals surface area contributed by atoms with E-state index >= 15 is 0 Å². The lowest BCUT2D eigenvalue weighted by Crippen LogP contribution is -2.38. The summed E-state index contributed by atoms with van der Waals surface area (Å²) in [5.41, 5.74) is 0.465. The fourth-order valence-electron chi connectivity index (χ4n) is 1.84. The third-order valence-electron chi connectivity index (χ3n) is 3.22. The predicted molar refractivity (Wildman–Crippen MR) is 83.0 cm³/mol. The van der Waals surface area contributed by atoms with Crippen LogP contribution >= 0.6 is 0 Å². The van der Waals surface area contributed by atoms with E-state index in [9.17, 15) is 9.59 Å². The number of carbonyl (C=O) groups is 2. The molecule has 0 fully saturated rings. The number of carboxylic acids is 1. The number of aliphatic carboxylic acids is 1. The maximum absolute atomic E-state index is 12.3. The Balaban J connectivity index is 2.36. The molecule has 2 rings (SSSR count). The lowest BCUT2D eigenvalue weighted by Gasteiger charge is -2.11. The number of hydrogen-bond donors (Lipinski definition) is 2. The minimum absolute atomic E-state index is 0.226. The summed E-state index contributed by atoms with van der Waals surface area (Å²) in [6.45, 7) is 7.26. The zero-order valence-corrected chi connectivity index (χ0v) is 13.5. The maximum atomic E-state index is 12.3. The maximum Gasteiger partial charge on any atom is 0.325 e. The fourth-order valence-corrected chi connectivity index (χ4v) is 1.84. The molecule has 1 heterocycles. The molecule has 0 aliphatic heterocycles. The average molecular weight is 317 g/mol. The van der Waals surface area contributed by atoms with Crippen molar-refractivity contribution in [2.24, 2.45) is 0 Å². The first-order valence-electron chi connectivity index (χ1n) is 7.17. The number of rotatable bonds is 4. The van der Waals surface area contributed by atoms with Crippen molar-refractivity contribution in [1.82, 2.24) is 15.5 Å². The lowest BCUT2D eigenvalue weighted by molar-refractivity contribution is -0.138. The predicted octanol–water partition coefficient (Wildman–Crippen LogP) is 2.24. The number of nitrogens with zero attached hydrogens (tertiary/aromatic N) is 2. The smallest absolute Gasteiger partial charge is 0.325 e. The van der Waals surface area contributed by atoms with Gasteiger partial charge in [0.2, 0.25) is 0 Å². The van der Waals surface area contributed by atoms with E-state index in [2.05, 4.69) is 15.5 Å². The Kier molecular flexibility index (Phi) is 4.49. The van der Waals surface area contributed by atoms with Crippen molar-refractivity contribution in [3.8, 4) is 11.5 Å². The molecule has 0 radical (unpaired) electrons. The first-order valence-corrected chi connectivity index (χ1v) is 7.17. The molecule has 23 heavy (non-hydrogen) atoms. The third-order valence-corrected chi connectivity index (χ3v) is 3.22. The summed E-state index contributed by atoms with van der Waals surface area (Å²) >= 11 is 0. The quantitative estimate of drug-likeness (QED) is 0.896. The van der Waals surface area contributed by atoms with E-state index in [1.165, 1.54) is 6.92 Å². The number of benzene rings is 1. The zero-order chi connectivity index (χ0) is 17.2. The van der Waals surface area contributed by atoms with Crippen molar-refractivity contribution in [2.75, 3.05) is 0 Å². The van der Waals surface area contributed by atoms with E-state index in [-0.39, 0.29) is 16.9 Å². The monoisotopic (exact) mass is 317 g/mol. The average Bonchev–Trinajstić information content (AvgIpc) is 2.96. The zero-order valence-electron chi connectivity index (χ0n) is 13.5. The summed E-state index contributed by atoms with van der Waals surface area (Å²) in [5, 5.41) is 15.3. The van der Waals surface area contributed by atoms with Crippen LogP contribution in [0.5, 0.6) is 0 Å². The minimum Gasteiger partial charge on any atom is -0.480 e. The number of carbonyl (C=O) groups excluding carboxylic acids is 1. The molecule has 122 valence electrons. The van der Waals surface area contributed by atoms with Crippen LogP contribution in [-0.2, 0) is 10.2 Å². The molecule has 1 atom stereocenters. The van der Waals surface area contributed by atoms with Gasteiger partial charge in [-0.2, -0.15) is 4.98 Å². The van der Waals surface area contributed by atoms with Crippen LogP contribution in [0.4, 0.5) is 0 Å². The summed E-state index contributed by atoms with van der Waals surface area (Å²) in [4.78, 5) is 27.5. The van der Waals surface area contributed by atoms with E-state index in [1.54, 1.807) is 24.3 Å². The van der Waals surface area contributed by atoms with Gasteiger partial charge in [0.1, 0.15) is 6.04 Å². The second-order valence-corrected chi connectivity index (χ2v) is 6.25. The van der Waals surface area contributed by atoms with Gasteiger partial charge in [-0.25, -0.2) is 0 Å². The van der Waals surface area contributed by atoms with E-state index in [1.807, 2.05) is 20.8 Å². The van der Waals surface area contributed by atoms with Crippen LogP contribution in [0.25, 0.3) is 11.5 Å². The van der Waals surface area contributed by atoms with Crippen molar-refractivity contribution in [3.63, 3.8) is 0 Å². The van der Waals surface area contributed by atoms with Gasteiger partial charge < -0.3 is 14.9 Å². The van der Waals surface area contributed by atoms with Crippen LogP contribution in [0.15, 0.2) is 28.8 Å². The van der Waals surface area contributed by atoms with Gasteiger partial charge >= 0.3 is 5.97 Å². The molecule has 0 saturated carbocycles. The molecule has 1 aromatic carbocycles. The van der Waals surface area contributed by atoms with Gasteiger partial charge in [-0.3, -0.25) is 9.59 Å². The molecule has 0 saturated heterocycles. The summed E-state index contributed by atoms with van der Waals surface area (Å²) in [6.07, 6.45) is 0. The van der Waals surface area contributed by atoms with E-state index in [4.69, 9.17) is 9.63 Å². The molecule has 0 unspecified atom stereocenters. The minimum atomic E-state index is -1.11. The van der Waals surface area contributed by atoms with Gasteiger partial charge in [-0.05, 0) is 19.1 Å². The molecule has 1 aromatic heterocycles. The number of hydrogen-bond acceptors (Lipinski definition) is 5. The topological polar surface area (TPSA) is 105 Å². The van der Waals surface area contributed by atoms with E-state index in [0.29, 0.717) is 11.4 Å². The highest BCUT2D eigenvalue weighted by atomic mass is 16.5. The highest BCUT2D eigenvalue weighted by Gasteiger charge is 2.24. The van der Waals surface area contributed by atoms with Crippen molar-refractivity contribution in [3.05, 3.63) is 35.7 Å². The fraction of sp³-hybridized carbons (Fsp3) is 0.375. The van der Waals surface area contributed by atoms with Crippen LogP contribution in [0.1, 0.15) is 43.9 Å². The largest absolute Gasteiger partial charge is 0.480 e. The molecule has 7 nitrogen and oxygen atoms in total. The Morgan fingerprint density at radius 2 is 1.91 bits per heavy atom. The Bertz CT molecular complexity index is 731. The molecule has 2 N–H and O–H groups in total. The molecule has 0 spiro atoms. The first kappa shape index (κ1) is 16.7. The molecule has 0 bridgehead atoms. The van der Waals surface area contributed by atoms with Crippen molar-refractivity contribution >= 4 is 11.9 Å². The lowest BCUT2D eigenvalue weighted by atomic mass is 9.96. The first-order chi connectivity index (χ1) is 10.7. The Morgan fingerprint density at radius 1 is 1.26 bits per heavy atom. The van der Waals surface area contributed by atoms with Gasteiger partial charge in [0, 0.05) is 5.41 Å². The van der Waals surface area contributed by atoms with Crippen LogP contribution in [0, 0.1) is 0 Å². The second-order valence-electron chi connectivity index (χ2n) is 6.25. The van der Waals surface area contributed by atoms with E-state index < -0.39 is 17.9 Å². The molecule has 1 amide bonds. The van der Waals surface area contributed by atoms with Gasteiger partial charge in [-0.15, -0.1) is 0 Å². The van der Waals surface area contributed by atoms with Crippen LogP contribution in [-0.4, -0.2) is 33.2 Å². The Hall–Kier alpha value is -2.70. The molecule has 7 heteroatoms. The standard InChI is InChI=1S/C16H19N3O4/c1-9(14(21)22)17-12(20)10-7-5-6-8-11(10)13-18-15(19-23-13)16(2,3)4/h5-9H,1-4H3,(H,17,20)(H,21,22)/t9-/m0/s1. The number of carboxylic acid groups (broad SMARTS) is 1. The number of aromatic nitrogens is 2. The second kappa shape index (κ2) is 6.20. The van der Waals surface area contributed by atoms with Crippen molar-refractivity contribution < 1.29 is 19.2 Å². The summed E-state index contributed by atoms with van der Waals surface area (Å²) in [7, 11) is 0. The van der Waals surface area contributed by atoms with Crippen LogP contribution in [0.2, 0.25) is 0 Å². The van der Waals surface area contributed by atoms with Gasteiger partial charge in [-0.1, -0.05) is 38.1 Å². The molecular weight excluding hydrogens is 298 g/mol. The summed E-state index contributed by atoms with van der Waals surface area (Å²) in [5.74, 6) is -0.861. The van der Waals surface area contributed by atoms with Crippen LogP contribution in [0.3, 0.4) is 0 Å². The third kappa shape index (κ3) is 3.74. The highest BCUT2D eigenvalue weighted by Crippen LogP contribution is 2.26. The summed E-state index contributed by atoms with van der Waals surface area (Å²) in [6, 6.07) is 5.70. The van der Waals surface area contributed by atoms with Crippen molar-refractivity contribution in [2.45, 2.75) is 39.2 Å². The van der Waals surface area contributed by atoms with Gasteiger partial charge in [0.25, 0.3) is 11.8 Å². The molecule has 2 aromatic rings. The molecular formula is C16H19N3O4. The Morgan fingerprint density at radius 3 is 2.48 bits per heavy atom. The SMILES string of the molecule is C[C@H](NC(=O)c1ccccc1-c1nc(C(C)(C)C)no1)C(=O)O. The normalized spacial score (nSPS) is 12.7. The number of nitrogens with one attached hydrogen (secondary N) is 1. The van der Waals surface area contributed by atoms with E-state index in [0.717, 1.165) is 0 Å². The Labute approximate surface area is 133 Å². The van der Waals surface area contributed by atoms with Crippen LogP contribution < -0.4 is 5.32 Å². The summed E-state index contributed by atoms with van der Waals surface area (Å²) < 4.78 is 5.26. The molecule has 0 aliphatic carbocycles.